The lowest BCUT2D eigenvalue weighted by molar-refractivity contribution is -0.121. The Hall–Kier alpha value is -1.13. The third-order valence-electron chi connectivity index (χ3n) is 3.98. The Balaban J connectivity index is 3.73. The van der Waals surface area contributed by atoms with Crippen LogP contribution in [-0.2, 0) is 4.79 Å². The van der Waals surface area contributed by atoms with Gasteiger partial charge in [0.25, 0.3) is 0 Å². The molecule has 0 aliphatic carbocycles. The van der Waals surface area contributed by atoms with E-state index in [4.69, 9.17) is 5.11 Å². The first kappa shape index (κ1) is 22.9. The normalized spacial score (nSPS) is 11.3. The van der Waals surface area contributed by atoms with Crippen LogP contribution in [0.3, 0.4) is 0 Å². The fourth-order valence-corrected chi connectivity index (χ4v) is 2.48. The van der Waals surface area contributed by atoms with Crippen molar-refractivity contribution in [3.05, 3.63) is 24.8 Å². The zero-order chi connectivity index (χ0) is 17.9. The van der Waals surface area contributed by atoms with E-state index >= 15 is 0 Å². The number of hydrogen-bond donors (Lipinski definition) is 2. The van der Waals surface area contributed by atoms with Crippen LogP contribution >= 0.6 is 0 Å². The Kier molecular flexibility index (Phi) is 17.4. The van der Waals surface area contributed by atoms with Crippen LogP contribution in [-0.4, -0.2) is 48.7 Å². The molecule has 4 nitrogen and oxygen atoms in total. The molecule has 2 N–H and O–H groups in total. The summed E-state index contributed by atoms with van der Waals surface area (Å²) in [6.07, 6.45) is 15.8. The molecule has 0 rings (SSSR count). The Labute approximate surface area is 149 Å². The van der Waals surface area contributed by atoms with Crippen molar-refractivity contribution in [3.8, 4) is 0 Å². The second-order valence-electron chi connectivity index (χ2n) is 6.21. The van der Waals surface area contributed by atoms with Gasteiger partial charge in [-0.2, -0.15) is 0 Å². The maximum Gasteiger partial charge on any atom is 0.220 e. The van der Waals surface area contributed by atoms with Crippen molar-refractivity contribution in [2.75, 3.05) is 32.8 Å². The van der Waals surface area contributed by atoms with Gasteiger partial charge in [-0.1, -0.05) is 44.4 Å². The highest BCUT2D eigenvalue weighted by Gasteiger charge is 2.05. The van der Waals surface area contributed by atoms with Crippen molar-refractivity contribution in [2.45, 2.75) is 64.7 Å². The van der Waals surface area contributed by atoms with Crippen molar-refractivity contribution >= 4 is 5.91 Å². The third-order valence-corrected chi connectivity index (χ3v) is 3.98. The molecule has 0 aromatic rings. The molecule has 0 aliphatic rings. The summed E-state index contributed by atoms with van der Waals surface area (Å²) in [6.45, 7) is 9.12. The van der Waals surface area contributed by atoms with Crippen LogP contribution < -0.4 is 5.32 Å². The summed E-state index contributed by atoms with van der Waals surface area (Å²) in [5, 5.41) is 12.1. The molecule has 0 aromatic heterocycles. The number of nitrogens with zero attached hydrogens (tertiary/aromatic N) is 1. The molecule has 4 heteroatoms. The summed E-state index contributed by atoms with van der Waals surface area (Å²) < 4.78 is 0. The standard InChI is InChI=1S/C20H38N2O2/c1-3-5-7-9-11-13-16-22(18-19-23)17-15-21-20(24)14-12-10-8-6-4-2/h4,9,11,23H,2-3,5-8,10,12-19H2,1H3,(H,21,24)/b11-9+. The SMILES string of the molecule is C=CCCCCCC(=O)NCCN(CCO)CC/C=C/CCCC. The van der Waals surface area contributed by atoms with Crippen molar-refractivity contribution in [2.24, 2.45) is 0 Å². The molecular formula is C20H38N2O2. The number of hydrogen-bond acceptors (Lipinski definition) is 3. The molecule has 0 heterocycles. The number of allylic oxidation sites excluding steroid dienone is 2. The fourth-order valence-electron chi connectivity index (χ4n) is 2.48. The van der Waals surface area contributed by atoms with Gasteiger partial charge in [-0.15, -0.1) is 6.58 Å². The minimum absolute atomic E-state index is 0.136. The van der Waals surface area contributed by atoms with Gasteiger partial charge in [-0.05, 0) is 32.1 Å². The summed E-state index contributed by atoms with van der Waals surface area (Å²) >= 11 is 0. The number of aliphatic hydroxyl groups is 1. The minimum atomic E-state index is 0.136. The number of nitrogens with one attached hydrogen (secondary N) is 1. The van der Waals surface area contributed by atoms with Gasteiger partial charge in [0.1, 0.15) is 0 Å². The molecular weight excluding hydrogens is 300 g/mol. The van der Waals surface area contributed by atoms with E-state index in [0.29, 0.717) is 19.5 Å². The number of unbranched alkanes of at least 4 members (excludes halogenated alkanes) is 5. The van der Waals surface area contributed by atoms with Crippen molar-refractivity contribution in [1.82, 2.24) is 10.2 Å². The van der Waals surface area contributed by atoms with Crippen LogP contribution in [0.15, 0.2) is 24.8 Å². The van der Waals surface area contributed by atoms with Gasteiger partial charge in [0.2, 0.25) is 5.91 Å². The van der Waals surface area contributed by atoms with Crippen LogP contribution in [0.4, 0.5) is 0 Å². The minimum Gasteiger partial charge on any atom is -0.395 e. The van der Waals surface area contributed by atoms with Gasteiger partial charge in [-0.25, -0.2) is 0 Å². The predicted octanol–water partition coefficient (Wildman–Crippen LogP) is 3.67. The molecule has 0 spiro atoms. The summed E-state index contributed by atoms with van der Waals surface area (Å²) in [5.74, 6) is 0.136. The summed E-state index contributed by atoms with van der Waals surface area (Å²) in [5.41, 5.74) is 0. The van der Waals surface area contributed by atoms with Crippen molar-refractivity contribution < 1.29 is 9.90 Å². The molecule has 0 saturated carbocycles. The van der Waals surface area contributed by atoms with Crippen molar-refractivity contribution in [1.29, 1.82) is 0 Å². The highest BCUT2D eigenvalue weighted by atomic mass is 16.3. The van der Waals surface area contributed by atoms with E-state index in [9.17, 15) is 4.79 Å². The van der Waals surface area contributed by atoms with E-state index in [1.807, 2.05) is 6.08 Å². The first-order valence-electron chi connectivity index (χ1n) is 9.60. The lowest BCUT2D eigenvalue weighted by atomic mass is 10.1. The number of amides is 1. The molecule has 0 atom stereocenters. The summed E-state index contributed by atoms with van der Waals surface area (Å²) in [7, 11) is 0. The monoisotopic (exact) mass is 338 g/mol. The van der Waals surface area contributed by atoms with Gasteiger partial charge >= 0.3 is 0 Å². The van der Waals surface area contributed by atoms with E-state index in [1.165, 1.54) is 12.8 Å². The first-order valence-corrected chi connectivity index (χ1v) is 9.60. The number of carbonyl (C=O) groups is 1. The summed E-state index contributed by atoms with van der Waals surface area (Å²) in [4.78, 5) is 14.0. The fraction of sp³-hybridized carbons (Fsp3) is 0.750. The Morgan fingerprint density at radius 2 is 1.83 bits per heavy atom. The topological polar surface area (TPSA) is 52.6 Å². The van der Waals surface area contributed by atoms with Gasteiger partial charge in [0.05, 0.1) is 6.61 Å². The van der Waals surface area contributed by atoms with Gasteiger partial charge < -0.3 is 10.4 Å². The molecule has 0 aliphatic heterocycles. The Morgan fingerprint density at radius 1 is 1.04 bits per heavy atom. The summed E-state index contributed by atoms with van der Waals surface area (Å²) in [6, 6.07) is 0. The largest absolute Gasteiger partial charge is 0.395 e. The quantitative estimate of drug-likeness (QED) is 0.314. The van der Waals surface area contributed by atoms with Gasteiger partial charge in [-0.3, -0.25) is 9.69 Å². The molecule has 24 heavy (non-hydrogen) atoms. The first-order chi connectivity index (χ1) is 11.7. The average Bonchev–Trinajstić information content (AvgIpc) is 2.57. The lowest BCUT2D eigenvalue weighted by Crippen LogP contribution is -2.36. The maximum atomic E-state index is 11.8. The van der Waals surface area contributed by atoms with E-state index in [-0.39, 0.29) is 12.5 Å². The number of rotatable bonds is 17. The highest BCUT2D eigenvalue weighted by molar-refractivity contribution is 5.75. The van der Waals surface area contributed by atoms with E-state index in [2.05, 4.69) is 35.9 Å². The van der Waals surface area contributed by atoms with Crippen LogP contribution in [0.1, 0.15) is 64.7 Å². The van der Waals surface area contributed by atoms with E-state index in [0.717, 1.165) is 51.6 Å². The second kappa shape index (κ2) is 18.2. The zero-order valence-corrected chi connectivity index (χ0v) is 15.6. The lowest BCUT2D eigenvalue weighted by Gasteiger charge is -2.20. The highest BCUT2D eigenvalue weighted by Crippen LogP contribution is 2.03. The maximum absolute atomic E-state index is 11.8. The smallest absolute Gasteiger partial charge is 0.220 e. The van der Waals surface area contributed by atoms with Crippen LogP contribution in [0.5, 0.6) is 0 Å². The molecule has 0 fully saturated rings. The van der Waals surface area contributed by atoms with E-state index < -0.39 is 0 Å². The number of carbonyl (C=O) groups excluding carboxylic acids is 1. The predicted molar refractivity (Wildman–Crippen MR) is 103 cm³/mol. The average molecular weight is 339 g/mol. The molecule has 0 bridgehead atoms. The molecule has 0 saturated heterocycles. The molecule has 0 aromatic carbocycles. The van der Waals surface area contributed by atoms with E-state index in [1.54, 1.807) is 0 Å². The van der Waals surface area contributed by atoms with Crippen LogP contribution in [0, 0.1) is 0 Å². The van der Waals surface area contributed by atoms with Crippen LogP contribution in [0.25, 0.3) is 0 Å². The Morgan fingerprint density at radius 3 is 2.54 bits per heavy atom. The van der Waals surface area contributed by atoms with Crippen LogP contribution in [0.2, 0.25) is 0 Å². The van der Waals surface area contributed by atoms with Gasteiger partial charge in [0.15, 0.2) is 0 Å². The zero-order valence-electron chi connectivity index (χ0n) is 15.6. The third kappa shape index (κ3) is 15.8. The van der Waals surface area contributed by atoms with Crippen molar-refractivity contribution in [3.63, 3.8) is 0 Å². The molecule has 0 radical (unpaired) electrons. The molecule has 140 valence electrons. The Bertz CT molecular complexity index is 330. The molecule has 0 unspecified atom stereocenters. The second-order valence-corrected chi connectivity index (χ2v) is 6.21. The molecule has 1 amide bonds. The van der Waals surface area contributed by atoms with Gasteiger partial charge in [0, 0.05) is 32.6 Å². The number of aliphatic hydroxyl groups excluding tert-OH is 1.